The van der Waals surface area contributed by atoms with Crippen LogP contribution >= 0.6 is 0 Å². The highest BCUT2D eigenvalue weighted by atomic mass is 16.5. The van der Waals surface area contributed by atoms with Crippen LogP contribution in [0.1, 0.15) is 55.2 Å². The molecule has 1 fully saturated rings. The number of hydrogen-bond donors (Lipinski definition) is 1. The molecule has 1 saturated heterocycles. The highest BCUT2D eigenvalue weighted by Gasteiger charge is 2.40. The van der Waals surface area contributed by atoms with Gasteiger partial charge in [0.1, 0.15) is 11.4 Å². The molecule has 4 rings (SSSR count). The second kappa shape index (κ2) is 11.5. The number of rotatable bonds is 10. The van der Waals surface area contributed by atoms with Crippen LogP contribution in [0.4, 0.5) is 0 Å². The Kier molecular flexibility index (Phi) is 8.20. The Balaban J connectivity index is 1.74. The molecule has 0 amide bonds. The van der Waals surface area contributed by atoms with Crippen LogP contribution in [0, 0.1) is 0 Å². The molecule has 0 spiro atoms. The maximum atomic E-state index is 12.6. The fourth-order valence-corrected chi connectivity index (χ4v) is 5.01. The number of benzene rings is 3. The molecule has 3 heteroatoms. The third-order valence-corrected chi connectivity index (χ3v) is 6.81. The predicted octanol–water partition coefficient (Wildman–Crippen LogP) is 6.18. The molecule has 33 heavy (non-hydrogen) atoms. The minimum Gasteiger partial charge on any atom is -0.494 e. The van der Waals surface area contributed by atoms with Crippen LogP contribution in [0.25, 0.3) is 0 Å². The van der Waals surface area contributed by atoms with Crippen molar-refractivity contribution in [3.8, 4) is 5.75 Å². The summed E-state index contributed by atoms with van der Waals surface area (Å²) in [6.07, 6.45) is 5.33. The topological polar surface area (TPSA) is 32.7 Å². The summed E-state index contributed by atoms with van der Waals surface area (Å²) in [5.41, 5.74) is 2.24. The molecule has 3 aromatic carbocycles. The molecule has 3 nitrogen and oxygen atoms in total. The normalized spacial score (nSPS) is 17.3. The first kappa shape index (κ1) is 23.5. The van der Waals surface area contributed by atoms with E-state index in [9.17, 15) is 5.11 Å². The van der Waals surface area contributed by atoms with Crippen molar-refractivity contribution in [2.24, 2.45) is 0 Å². The van der Waals surface area contributed by atoms with Crippen molar-refractivity contribution < 1.29 is 9.84 Å². The standard InChI is InChI=1S/C30H37NO2/c1-2-22-33-28-18-16-27(17-19-28)30(32,23-25-12-6-3-7-13-25)29(26-14-8-4-9-15-26)24-31-20-10-5-11-21-31/h3-4,6-9,12-19,29,32H,2,5,10-11,20-24H2,1H3. The van der Waals surface area contributed by atoms with Gasteiger partial charge in [-0.3, -0.25) is 0 Å². The quantitative estimate of drug-likeness (QED) is 0.406. The van der Waals surface area contributed by atoms with Gasteiger partial charge in [0.25, 0.3) is 0 Å². The molecule has 0 aliphatic carbocycles. The van der Waals surface area contributed by atoms with E-state index in [4.69, 9.17) is 4.74 Å². The number of ether oxygens (including phenoxy) is 1. The van der Waals surface area contributed by atoms with Crippen molar-refractivity contribution in [1.29, 1.82) is 0 Å². The molecule has 3 aromatic rings. The van der Waals surface area contributed by atoms with Crippen molar-refractivity contribution in [3.05, 3.63) is 102 Å². The summed E-state index contributed by atoms with van der Waals surface area (Å²) in [7, 11) is 0. The Bertz CT molecular complexity index is 952. The van der Waals surface area contributed by atoms with Crippen LogP contribution in [0.15, 0.2) is 84.9 Å². The summed E-state index contributed by atoms with van der Waals surface area (Å²) in [5.74, 6) is 0.814. The van der Waals surface area contributed by atoms with E-state index in [2.05, 4.69) is 78.6 Å². The molecule has 1 N–H and O–H groups in total. The monoisotopic (exact) mass is 443 g/mol. The van der Waals surface area contributed by atoms with E-state index in [1.165, 1.54) is 24.8 Å². The third kappa shape index (κ3) is 6.04. The van der Waals surface area contributed by atoms with Gasteiger partial charge in [-0.25, -0.2) is 0 Å². The Morgan fingerprint density at radius 3 is 2.12 bits per heavy atom. The Labute approximate surface area is 199 Å². The summed E-state index contributed by atoms with van der Waals surface area (Å²) in [6, 6.07) is 29.1. The summed E-state index contributed by atoms with van der Waals surface area (Å²) in [5, 5.41) is 12.6. The van der Waals surface area contributed by atoms with Crippen LogP contribution in [0.2, 0.25) is 0 Å². The molecule has 0 radical (unpaired) electrons. The van der Waals surface area contributed by atoms with Gasteiger partial charge in [-0.2, -0.15) is 0 Å². The molecule has 1 aliphatic rings. The van der Waals surface area contributed by atoms with Crippen LogP contribution in [-0.2, 0) is 12.0 Å². The Morgan fingerprint density at radius 1 is 0.848 bits per heavy atom. The number of hydrogen-bond acceptors (Lipinski definition) is 3. The molecule has 1 aliphatic heterocycles. The predicted molar refractivity (Wildman–Crippen MR) is 136 cm³/mol. The first-order chi connectivity index (χ1) is 16.2. The Morgan fingerprint density at radius 2 is 1.48 bits per heavy atom. The summed E-state index contributed by atoms with van der Waals surface area (Å²) in [4.78, 5) is 2.54. The Hall–Kier alpha value is -2.62. The van der Waals surface area contributed by atoms with Crippen molar-refractivity contribution >= 4 is 0 Å². The van der Waals surface area contributed by atoms with E-state index >= 15 is 0 Å². The maximum absolute atomic E-state index is 12.6. The van der Waals surface area contributed by atoms with Gasteiger partial charge in [0.05, 0.1) is 6.61 Å². The average Bonchev–Trinajstić information content (AvgIpc) is 2.88. The van der Waals surface area contributed by atoms with Gasteiger partial charge >= 0.3 is 0 Å². The van der Waals surface area contributed by atoms with Gasteiger partial charge in [0.2, 0.25) is 0 Å². The zero-order chi connectivity index (χ0) is 22.9. The second-order valence-corrected chi connectivity index (χ2v) is 9.28. The van der Waals surface area contributed by atoms with Gasteiger partial charge in [-0.1, -0.05) is 86.1 Å². The van der Waals surface area contributed by atoms with E-state index in [0.29, 0.717) is 13.0 Å². The lowest BCUT2D eigenvalue weighted by Gasteiger charge is -2.41. The molecule has 2 atom stereocenters. The van der Waals surface area contributed by atoms with E-state index in [0.717, 1.165) is 42.9 Å². The number of piperidine rings is 1. The molecule has 0 bridgehead atoms. The molecule has 0 saturated carbocycles. The van der Waals surface area contributed by atoms with Gasteiger partial charge < -0.3 is 14.7 Å². The van der Waals surface area contributed by atoms with Gasteiger partial charge in [0.15, 0.2) is 0 Å². The van der Waals surface area contributed by atoms with E-state index in [-0.39, 0.29) is 5.92 Å². The molecular weight excluding hydrogens is 406 g/mol. The lowest BCUT2D eigenvalue weighted by atomic mass is 9.73. The second-order valence-electron chi connectivity index (χ2n) is 9.28. The SMILES string of the molecule is CCCOc1ccc(C(O)(Cc2ccccc2)C(CN2CCCCC2)c2ccccc2)cc1. The van der Waals surface area contributed by atoms with E-state index in [1.807, 2.05) is 18.2 Å². The third-order valence-electron chi connectivity index (χ3n) is 6.81. The molecule has 2 unspecified atom stereocenters. The zero-order valence-electron chi connectivity index (χ0n) is 19.8. The first-order valence-electron chi connectivity index (χ1n) is 12.5. The van der Waals surface area contributed by atoms with Crippen molar-refractivity contribution in [2.75, 3.05) is 26.2 Å². The minimum absolute atomic E-state index is 0.0422. The largest absolute Gasteiger partial charge is 0.494 e. The van der Waals surface area contributed by atoms with Gasteiger partial charge in [-0.05, 0) is 61.2 Å². The molecule has 174 valence electrons. The number of nitrogens with zero attached hydrogens (tertiary/aromatic N) is 1. The fourth-order valence-electron chi connectivity index (χ4n) is 5.01. The van der Waals surface area contributed by atoms with Gasteiger partial charge in [-0.15, -0.1) is 0 Å². The number of aliphatic hydroxyl groups is 1. The van der Waals surface area contributed by atoms with Crippen molar-refractivity contribution in [3.63, 3.8) is 0 Å². The maximum Gasteiger partial charge on any atom is 0.119 e. The van der Waals surface area contributed by atoms with Gasteiger partial charge in [0, 0.05) is 18.9 Å². The lowest BCUT2D eigenvalue weighted by molar-refractivity contribution is -0.00677. The van der Waals surface area contributed by atoms with Crippen molar-refractivity contribution in [2.45, 2.75) is 50.5 Å². The molecule has 0 aromatic heterocycles. The smallest absolute Gasteiger partial charge is 0.119 e. The van der Waals surface area contributed by atoms with E-state index in [1.54, 1.807) is 0 Å². The van der Waals surface area contributed by atoms with Crippen LogP contribution in [-0.4, -0.2) is 36.2 Å². The fraction of sp³-hybridized carbons (Fsp3) is 0.400. The van der Waals surface area contributed by atoms with Crippen LogP contribution in [0.5, 0.6) is 5.75 Å². The molecule has 1 heterocycles. The summed E-state index contributed by atoms with van der Waals surface area (Å²) in [6.45, 7) is 5.87. The highest BCUT2D eigenvalue weighted by Crippen LogP contribution is 2.41. The van der Waals surface area contributed by atoms with Crippen molar-refractivity contribution in [1.82, 2.24) is 4.90 Å². The average molecular weight is 444 g/mol. The summed E-state index contributed by atoms with van der Waals surface area (Å²) >= 11 is 0. The minimum atomic E-state index is -1.04. The summed E-state index contributed by atoms with van der Waals surface area (Å²) < 4.78 is 5.82. The van der Waals surface area contributed by atoms with Crippen LogP contribution in [0.3, 0.4) is 0 Å². The number of likely N-dealkylation sites (tertiary alicyclic amines) is 1. The van der Waals surface area contributed by atoms with E-state index < -0.39 is 5.60 Å². The first-order valence-corrected chi connectivity index (χ1v) is 12.5. The highest BCUT2D eigenvalue weighted by molar-refractivity contribution is 5.37. The molecular formula is C30H37NO2. The lowest BCUT2D eigenvalue weighted by Crippen LogP contribution is -2.44. The van der Waals surface area contributed by atoms with Crippen LogP contribution < -0.4 is 4.74 Å². The zero-order valence-corrected chi connectivity index (χ0v) is 19.8.